The first kappa shape index (κ1) is 20.1. The van der Waals surface area contributed by atoms with E-state index in [0.717, 1.165) is 53.7 Å². The first-order valence-electron chi connectivity index (χ1n) is 10.3. The Morgan fingerprint density at radius 2 is 2.00 bits per heavy atom. The Bertz CT molecular complexity index is 1130. The number of aromatic nitrogens is 3. The molecule has 9 heteroatoms. The number of anilines is 1. The van der Waals surface area contributed by atoms with Gasteiger partial charge in [-0.1, -0.05) is 17.4 Å². The smallest absolute Gasteiger partial charge is 0.223 e. The van der Waals surface area contributed by atoms with E-state index in [-0.39, 0.29) is 17.6 Å². The van der Waals surface area contributed by atoms with Gasteiger partial charge in [0.1, 0.15) is 5.82 Å². The zero-order valence-corrected chi connectivity index (χ0v) is 18.5. The van der Waals surface area contributed by atoms with E-state index in [4.69, 9.17) is 0 Å². The highest BCUT2D eigenvalue weighted by molar-refractivity contribution is 7.20. The highest BCUT2D eigenvalue weighted by atomic mass is 32.1. The zero-order chi connectivity index (χ0) is 21.2. The lowest BCUT2D eigenvalue weighted by atomic mass is 9.96. The molecule has 6 nitrogen and oxygen atoms in total. The average Bonchev–Trinajstić information content (AvgIpc) is 3.51. The van der Waals surface area contributed by atoms with Gasteiger partial charge < -0.3 is 10.2 Å². The van der Waals surface area contributed by atoms with Gasteiger partial charge in [-0.05, 0) is 55.0 Å². The van der Waals surface area contributed by atoms with Gasteiger partial charge in [0, 0.05) is 36.0 Å². The van der Waals surface area contributed by atoms with Gasteiger partial charge in [0.15, 0.2) is 0 Å². The number of amides is 1. The molecule has 1 fully saturated rings. The van der Waals surface area contributed by atoms with Crippen molar-refractivity contribution in [1.82, 2.24) is 19.9 Å². The molecular weight excluding hydrogens is 433 g/mol. The second-order valence-corrected chi connectivity index (χ2v) is 9.59. The molecule has 5 rings (SSSR count). The minimum absolute atomic E-state index is 0.0636. The van der Waals surface area contributed by atoms with Crippen molar-refractivity contribution < 1.29 is 9.18 Å². The molecule has 1 aliphatic heterocycles. The summed E-state index contributed by atoms with van der Waals surface area (Å²) in [4.78, 5) is 21.5. The Labute approximate surface area is 187 Å². The molecule has 1 N–H and O–H groups in total. The van der Waals surface area contributed by atoms with Crippen molar-refractivity contribution in [3.8, 4) is 11.3 Å². The van der Waals surface area contributed by atoms with Crippen molar-refractivity contribution in [3.63, 3.8) is 0 Å². The van der Waals surface area contributed by atoms with E-state index in [2.05, 4.69) is 31.7 Å². The second kappa shape index (κ2) is 8.76. The maximum atomic E-state index is 13.1. The van der Waals surface area contributed by atoms with Crippen molar-refractivity contribution in [2.24, 2.45) is 5.92 Å². The Morgan fingerprint density at radius 3 is 2.71 bits per heavy atom. The number of nitrogens with one attached hydrogen (secondary N) is 1. The van der Waals surface area contributed by atoms with Crippen LogP contribution in [0, 0.1) is 11.7 Å². The van der Waals surface area contributed by atoms with Gasteiger partial charge in [-0.2, -0.15) is 0 Å². The van der Waals surface area contributed by atoms with Gasteiger partial charge >= 0.3 is 0 Å². The van der Waals surface area contributed by atoms with Crippen LogP contribution in [0.3, 0.4) is 0 Å². The number of fused-ring (bicyclic) bond motifs is 1. The third-order valence-electron chi connectivity index (χ3n) is 5.56. The number of piperidine rings is 1. The molecular formula is C22H22FN5OS2. The van der Waals surface area contributed by atoms with E-state index in [9.17, 15) is 9.18 Å². The van der Waals surface area contributed by atoms with Crippen LogP contribution in [-0.2, 0) is 11.2 Å². The predicted octanol–water partition coefficient (Wildman–Crippen LogP) is 4.23. The Kier molecular flexibility index (Phi) is 5.69. The molecule has 31 heavy (non-hydrogen) atoms. The topological polar surface area (TPSA) is 62.5 Å². The van der Waals surface area contributed by atoms with Gasteiger partial charge in [-0.3, -0.25) is 4.79 Å². The molecule has 0 unspecified atom stereocenters. The number of hydrogen-bond acceptors (Lipinski definition) is 6. The van der Waals surface area contributed by atoms with Gasteiger partial charge in [-0.25, -0.2) is 13.9 Å². The molecule has 1 saturated heterocycles. The van der Waals surface area contributed by atoms with Gasteiger partial charge in [0.25, 0.3) is 0 Å². The molecule has 4 heterocycles. The number of imidazole rings is 1. The minimum Gasteiger partial charge on any atom is -0.355 e. The van der Waals surface area contributed by atoms with Crippen molar-refractivity contribution in [2.75, 3.05) is 24.5 Å². The molecule has 1 aromatic carbocycles. The lowest BCUT2D eigenvalue weighted by Crippen LogP contribution is -2.41. The summed E-state index contributed by atoms with van der Waals surface area (Å²) < 4.78 is 14.9. The van der Waals surface area contributed by atoms with Crippen LogP contribution in [-0.4, -0.2) is 40.1 Å². The number of carbonyl (C=O) groups is 1. The molecule has 4 aromatic rings. The number of nitrogens with zero attached hydrogens (tertiary/aromatic N) is 4. The van der Waals surface area contributed by atoms with Gasteiger partial charge in [0.05, 0.1) is 11.9 Å². The molecule has 0 saturated carbocycles. The monoisotopic (exact) mass is 455 g/mol. The zero-order valence-electron chi connectivity index (χ0n) is 16.8. The van der Waals surface area contributed by atoms with Crippen molar-refractivity contribution >= 4 is 38.7 Å². The average molecular weight is 456 g/mol. The first-order chi connectivity index (χ1) is 15.2. The summed E-state index contributed by atoms with van der Waals surface area (Å²) in [6.45, 7) is 2.31. The third-order valence-corrected chi connectivity index (χ3v) is 7.48. The summed E-state index contributed by atoms with van der Waals surface area (Å²) in [6, 6.07) is 10.5. The SMILES string of the molecule is O=C(NCCc1cccs1)C1CCN(c2nn3cc(-c4ccc(F)cc4)nc3s2)CC1. The highest BCUT2D eigenvalue weighted by Crippen LogP contribution is 2.29. The Morgan fingerprint density at radius 1 is 1.19 bits per heavy atom. The van der Waals surface area contributed by atoms with Crippen molar-refractivity contribution in [3.05, 3.63) is 58.7 Å². The minimum atomic E-state index is -0.259. The Hall–Kier alpha value is -2.78. The summed E-state index contributed by atoms with van der Waals surface area (Å²) in [7, 11) is 0. The summed E-state index contributed by atoms with van der Waals surface area (Å²) >= 11 is 3.26. The fourth-order valence-corrected chi connectivity index (χ4v) is 5.46. The van der Waals surface area contributed by atoms with E-state index in [1.165, 1.54) is 28.3 Å². The summed E-state index contributed by atoms with van der Waals surface area (Å²) in [6.07, 6.45) is 4.42. The predicted molar refractivity (Wildman–Crippen MR) is 122 cm³/mol. The lowest BCUT2D eigenvalue weighted by Gasteiger charge is -2.30. The number of halogens is 1. The normalized spacial score (nSPS) is 14.9. The number of benzene rings is 1. The fourth-order valence-electron chi connectivity index (χ4n) is 3.82. The largest absolute Gasteiger partial charge is 0.355 e. The van der Waals surface area contributed by atoms with Crippen LogP contribution in [0.2, 0.25) is 0 Å². The standard InChI is InChI=1S/C22H22FN5OS2/c23-17-5-3-15(4-6-17)19-14-28-21(25-19)31-22(26-28)27-11-8-16(9-12-27)20(29)24-10-7-18-2-1-13-30-18/h1-6,13-14,16H,7-12H2,(H,24,29). The maximum absolute atomic E-state index is 13.1. The first-order valence-corrected chi connectivity index (χ1v) is 12.0. The highest BCUT2D eigenvalue weighted by Gasteiger charge is 2.26. The van der Waals surface area contributed by atoms with Crippen LogP contribution < -0.4 is 10.2 Å². The summed E-state index contributed by atoms with van der Waals surface area (Å²) in [5.41, 5.74) is 1.65. The van der Waals surface area contributed by atoms with Crippen LogP contribution in [0.25, 0.3) is 16.2 Å². The molecule has 1 aliphatic rings. The van der Waals surface area contributed by atoms with Crippen LogP contribution in [0.15, 0.2) is 48.0 Å². The lowest BCUT2D eigenvalue weighted by molar-refractivity contribution is -0.125. The third kappa shape index (κ3) is 4.47. The van der Waals surface area contributed by atoms with Crippen molar-refractivity contribution in [2.45, 2.75) is 19.3 Å². The van der Waals surface area contributed by atoms with E-state index in [0.29, 0.717) is 6.54 Å². The molecule has 0 bridgehead atoms. The molecule has 0 aliphatic carbocycles. The van der Waals surface area contributed by atoms with Gasteiger partial charge in [-0.15, -0.1) is 16.4 Å². The molecule has 0 atom stereocenters. The van der Waals surface area contributed by atoms with Crippen LogP contribution in [0.1, 0.15) is 17.7 Å². The van der Waals surface area contributed by atoms with E-state index >= 15 is 0 Å². The van der Waals surface area contributed by atoms with Crippen LogP contribution >= 0.6 is 22.7 Å². The molecule has 160 valence electrons. The fraction of sp³-hybridized carbons (Fsp3) is 0.318. The quantitative estimate of drug-likeness (QED) is 0.473. The molecule has 1 amide bonds. The number of hydrogen-bond donors (Lipinski definition) is 1. The van der Waals surface area contributed by atoms with Crippen molar-refractivity contribution in [1.29, 1.82) is 0 Å². The summed E-state index contributed by atoms with van der Waals surface area (Å²) in [5.74, 6) is -0.0347. The maximum Gasteiger partial charge on any atom is 0.223 e. The molecule has 0 spiro atoms. The number of thiophene rings is 1. The van der Waals surface area contributed by atoms with Gasteiger partial charge in [0.2, 0.25) is 16.0 Å². The number of carbonyl (C=O) groups excluding carboxylic acids is 1. The molecule has 3 aromatic heterocycles. The van der Waals surface area contributed by atoms with Crippen LogP contribution in [0.5, 0.6) is 0 Å². The van der Waals surface area contributed by atoms with E-state index < -0.39 is 0 Å². The van der Waals surface area contributed by atoms with E-state index in [1.54, 1.807) is 28.0 Å². The summed E-state index contributed by atoms with van der Waals surface area (Å²) in [5, 5.41) is 10.7. The number of rotatable bonds is 6. The molecule has 0 radical (unpaired) electrons. The Balaban J connectivity index is 1.16. The van der Waals surface area contributed by atoms with E-state index in [1.807, 2.05) is 12.3 Å². The second-order valence-electron chi connectivity index (χ2n) is 7.63. The van der Waals surface area contributed by atoms with Crippen LogP contribution in [0.4, 0.5) is 9.52 Å².